The molecule has 1 aromatic carbocycles. The first-order valence-corrected chi connectivity index (χ1v) is 8.78. The van der Waals surface area contributed by atoms with Gasteiger partial charge in [-0.15, -0.1) is 24.0 Å². The molecule has 1 aliphatic heterocycles. The van der Waals surface area contributed by atoms with Gasteiger partial charge < -0.3 is 20.1 Å². The molecule has 0 aromatic heterocycles. The van der Waals surface area contributed by atoms with E-state index < -0.39 is 0 Å². The van der Waals surface area contributed by atoms with E-state index in [1.54, 1.807) is 0 Å². The second kappa shape index (κ2) is 11.4. The van der Waals surface area contributed by atoms with E-state index in [2.05, 4.69) is 48.2 Å². The van der Waals surface area contributed by atoms with Gasteiger partial charge in [-0.2, -0.15) is 0 Å². The molecule has 1 aliphatic rings. The summed E-state index contributed by atoms with van der Waals surface area (Å²) in [5.41, 5.74) is 1.11. The summed E-state index contributed by atoms with van der Waals surface area (Å²) in [6.45, 7) is 13.4. The lowest BCUT2D eigenvalue weighted by Crippen LogP contribution is -2.43. The molecule has 0 bridgehead atoms. The van der Waals surface area contributed by atoms with Crippen LogP contribution in [0.15, 0.2) is 23.2 Å². The molecule has 0 radical (unpaired) electrons. The molecule has 0 fully saturated rings. The average molecular weight is 462 g/mol. The Labute approximate surface area is 168 Å². The summed E-state index contributed by atoms with van der Waals surface area (Å²) in [6.07, 6.45) is 0. The van der Waals surface area contributed by atoms with Crippen molar-refractivity contribution in [2.24, 2.45) is 4.99 Å². The Morgan fingerprint density at radius 1 is 1.20 bits per heavy atom. The zero-order valence-corrected chi connectivity index (χ0v) is 18.0. The smallest absolute Gasteiger partial charge is 0.231 e. The quantitative estimate of drug-likeness (QED) is 0.354. The van der Waals surface area contributed by atoms with Crippen LogP contribution in [0.3, 0.4) is 0 Å². The Balaban J connectivity index is 0.00000312. The van der Waals surface area contributed by atoms with Gasteiger partial charge in [0.05, 0.1) is 6.54 Å². The Hall–Kier alpha value is -1.22. The molecule has 25 heavy (non-hydrogen) atoms. The lowest BCUT2D eigenvalue weighted by Gasteiger charge is -2.25. The molecule has 1 aromatic rings. The van der Waals surface area contributed by atoms with Crippen LogP contribution in [0.25, 0.3) is 0 Å². The molecule has 2 N–H and O–H groups in total. The lowest BCUT2D eigenvalue weighted by atomic mass is 10.2. The fourth-order valence-electron chi connectivity index (χ4n) is 2.65. The molecule has 0 atom stereocenters. The number of fused-ring (bicyclic) bond motifs is 1. The number of hydrogen-bond acceptors (Lipinski definition) is 4. The third kappa shape index (κ3) is 6.89. The summed E-state index contributed by atoms with van der Waals surface area (Å²) < 4.78 is 10.7. The largest absolute Gasteiger partial charge is 0.454 e. The average Bonchev–Trinajstić information content (AvgIpc) is 3.03. The Morgan fingerprint density at radius 2 is 1.96 bits per heavy atom. The maximum Gasteiger partial charge on any atom is 0.231 e. The Bertz CT molecular complexity index is 552. The molecule has 142 valence electrons. The number of hydrogen-bond donors (Lipinski definition) is 2. The number of nitrogens with zero attached hydrogens (tertiary/aromatic N) is 2. The van der Waals surface area contributed by atoms with Gasteiger partial charge in [-0.05, 0) is 45.0 Å². The Morgan fingerprint density at radius 3 is 2.64 bits per heavy atom. The van der Waals surface area contributed by atoms with Gasteiger partial charge in [0.2, 0.25) is 6.79 Å². The molecule has 0 saturated carbocycles. The number of aliphatic imine (C=N–C) groups is 1. The van der Waals surface area contributed by atoms with Crippen LogP contribution in [0.1, 0.15) is 33.3 Å². The molecule has 0 amide bonds. The first-order chi connectivity index (χ1) is 11.6. The van der Waals surface area contributed by atoms with E-state index in [9.17, 15) is 0 Å². The molecule has 0 spiro atoms. The van der Waals surface area contributed by atoms with Crippen molar-refractivity contribution in [3.8, 4) is 11.5 Å². The second-order valence-corrected chi connectivity index (χ2v) is 6.03. The molecule has 7 heteroatoms. The SMILES string of the molecule is CCNC(=NCc1ccc2c(c1)OCO2)NCCN(CC)C(C)C.I. The summed E-state index contributed by atoms with van der Waals surface area (Å²) in [7, 11) is 0. The molecule has 1 heterocycles. The van der Waals surface area contributed by atoms with Gasteiger partial charge in [-0.3, -0.25) is 4.90 Å². The minimum atomic E-state index is 0. The number of halogens is 1. The van der Waals surface area contributed by atoms with E-state index in [0.717, 1.165) is 49.2 Å². The van der Waals surface area contributed by atoms with E-state index in [1.165, 1.54) is 0 Å². The van der Waals surface area contributed by atoms with E-state index >= 15 is 0 Å². The van der Waals surface area contributed by atoms with Crippen LogP contribution in [0.4, 0.5) is 0 Å². The highest BCUT2D eigenvalue weighted by Crippen LogP contribution is 2.32. The summed E-state index contributed by atoms with van der Waals surface area (Å²) in [5, 5.41) is 6.69. The third-order valence-electron chi connectivity index (χ3n) is 4.03. The summed E-state index contributed by atoms with van der Waals surface area (Å²) >= 11 is 0. The molecule has 0 saturated heterocycles. The minimum Gasteiger partial charge on any atom is -0.454 e. The van der Waals surface area contributed by atoms with Gasteiger partial charge in [0.25, 0.3) is 0 Å². The second-order valence-electron chi connectivity index (χ2n) is 6.03. The summed E-state index contributed by atoms with van der Waals surface area (Å²) in [4.78, 5) is 7.08. The van der Waals surface area contributed by atoms with Crippen molar-refractivity contribution >= 4 is 29.9 Å². The predicted octanol–water partition coefficient (Wildman–Crippen LogP) is 2.82. The number of benzene rings is 1. The molecule has 6 nitrogen and oxygen atoms in total. The van der Waals surface area contributed by atoms with Crippen LogP contribution in [0.5, 0.6) is 11.5 Å². The van der Waals surface area contributed by atoms with E-state index in [4.69, 9.17) is 9.47 Å². The maximum absolute atomic E-state index is 5.41. The van der Waals surface area contributed by atoms with E-state index in [-0.39, 0.29) is 24.0 Å². The van der Waals surface area contributed by atoms with Crippen molar-refractivity contribution in [2.45, 2.75) is 40.3 Å². The standard InChI is InChI=1S/C18H30N4O2.HI/c1-5-19-18(20-9-10-22(6-2)14(3)4)21-12-15-7-8-16-17(11-15)24-13-23-16;/h7-8,11,14H,5-6,9-10,12-13H2,1-4H3,(H2,19,20,21);1H. The molecule has 2 rings (SSSR count). The van der Waals surface area contributed by atoms with Crippen molar-refractivity contribution in [1.82, 2.24) is 15.5 Å². The van der Waals surface area contributed by atoms with Gasteiger partial charge in [-0.25, -0.2) is 4.99 Å². The predicted molar refractivity (Wildman–Crippen MR) is 113 cm³/mol. The summed E-state index contributed by atoms with van der Waals surface area (Å²) in [6, 6.07) is 6.52. The number of ether oxygens (including phenoxy) is 2. The third-order valence-corrected chi connectivity index (χ3v) is 4.03. The van der Waals surface area contributed by atoms with Gasteiger partial charge in [-0.1, -0.05) is 13.0 Å². The van der Waals surface area contributed by atoms with Crippen LogP contribution in [0.2, 0.25) is 0 Å². The lowest BCUT2D eigenvalue weighted by molar-refractivity contribution is 0.174. The number of guanidine groups is 1. The highest BCUT2D eigenvalue weighted by Gasteiger charge is 2.13. The monoisotopic (exact) mass is 462 g/mol. The van der Waals surface area contributed by atoms with Crippen LogP contribution < -0.4 is 20.1 Å². The molecule has 0 aliphatic carbocycles. The zero-order valence-electron chi connectivity index (χ0n) is 15.7. The molecular formula is C18H31IN4O2. The van der Waals surface area contributed by atoms with Crippen LogP contribution in [-0.4, -0.2) is 49.9 Å². The van der Waals surface area contributed by atoms with Gasteiger partial charge in [0.1, 0.15) is 0 Å². The zero-order chi connectivity index (χ0) is 17.4. The minimum absolute atomic E-state index is 0. The summed E-state index contributed by atoms with van der Waals surface area (Å²) in [5.74, 6) is 2.45. The highest BCUT2D eigenvalue weighted by atomic mass is 127. The van der Waals surface area contributed by atoms with Crippen molar-refractivity contribution in [2.75, 3.05) is 33.0 Å². The fourth-order valence-corrected chi connectivity index (χ4v) is 2.65. The van der Waals surface area contributed by atoms with Crippen molar-refractivity contribution < 1.29 is 9.47 Å². The van der Waals surface area contributed by atoms with Crippen molar-refractivity contribution in [3.05, 3.63) is 23.8 Å². The van der Waals surface area contributed by atoms with Crippen LogP contribution >= 0.6 is 24.0 Å². The van der Waals surface area contributed by atoms with Gasteiger partial charge in [0, 0.05) is 25.7 Å². The topological polar surface area (TPSA) is 58.1 Å². The first-order valence-electron chi connectivity index (χ1n) is 8.78. The van der Waals surface area contributed by atoms with E-state index in [1.807, 2.05) is 18.2 Å². The normalized spacial score (nSPS) is 13.1. The first kappa shape index (κ1) is 21.8. The van der Waals surface area contributed by atoms with Crippen LogP contribution in [0, 0.1) is 0 Å². The maximum atomic E-state index is 5.41. The van der Waals surface area contributed by atoms with E-state index in [0.29, 0.717) is 19.4 Å². The highest BCUT2D eigenvalue weighted by molar-refractivity contribution is 14.0. The fraction of sp³-hybridized carbons (Fsp3) is 0.611. The van der Waals surface area contributed by atoms with Crippen molar-refractivity contribution in [1.29, 1.82) is 0 Å². The number of nitrogens with one attached hydrogen (secondary N) is 2. The van der Waals surface area contributed by atoms with Crippen molar-refractivity contribution in [3.63, 3.8) is 0 Å². The Kier molecular flexibility index (Phi) is 9.96. The molecular weight excluding hydrogens is 431 g/mol. The van der Waals surface area contributed by atoms with Gasteiger partial charge >= 0.3 is 0 Å². The number of rotatable bonds is 8. The van der Waals surface area contributed by atoms with Gasteiger partial charge in [0.15, 0.2) is 17.5 Å². The van der Waals surface area contributed by atoms with Crippen LogP contribution in [-0.2, 0) is 6.54 Å². The number of likely N-dealkylation sites (N-methyl/N-ethyl adjacent to an activating group) is 1. The molecule has 0 unspecified atom stereocenters.